The van der Waals surface area contributed by atoms with E-state index in [1.807, 2.05) is 29.6 Å². The van der Waals surface area contributed by atoms with Gasteiger partial charge in [-0.05, 0) is 65.0 Å². The number of carbonyl (C=O) groups excluding carboxylic acids is 1. The molecule has 0 aliphatic carbocycles. The molecule has 0 saturated carbocycles. The molecule has 2 N–H and O–H groups in total. The Kier molecular flexibility index (Phi) is 4.18. The van der Waals surface area contributed by atoms with Gasteiger partial charge in [-0.2, -0.15) is 0 Å². The van der Waals surface area contributed by atoms with Crippen LogP contribution in [0.25, 0.3) is 32.2 Å². The smallest absolute Gasteiger partial charge is 0.249 e. The van der Waals surface area contributed by atoms with Crippen LogP contribution in [0.4, 0.5) is 4.39 Å². The van der Waals surface area contributed by atoms with Crippen LogP contribution in [0, 0.1) is 11.9 Å². The SMILES string of the molecule is NC(=O)c1cccc2c1c1[c]cc(-c3cccs3)cc1n2Cc1ccc(F)cc1. The van der Waals surface area contributed by atoms with E-state index >= 15 is 0 Å². The molecule has 0 bridgehead atoms. The second-order valence-electron chi connectivity index (χ2n) is 6.90. The Bertz CT molecular complexity index is 1350. The van der Waals surface area contributed by atoms with E-state index in [9.17, 15) is 9.18 Å². The van der Waals surface area contributed by atoms with Crippen molar-refractivity contribution < 1.29 is 9.18 Å². The van der Waals surface area contributed by atoms with Gasteiger partial charge in [0.05, 0.1) is 11.0 Å². The van der Waals surface area contributed by atoms with Crippen LogP contribution < -0.4 is 5.73 Å². The summed E-state index contributed by atoms with van der Waals surface area (Å²) < 4.78 is 15.5. The molecule has 2 heterocycles. The first-order chi connectivity index (χ1) is 14.1. The van der Waals surface area contributed by atoms with Crippen molar-refractivity contribution in [1.29, 1.82) is 0 Å². The number of nitrogens with zero attached hydrogens (tertiary/aromatic N) is 1. The number of rotatable bonds is 4. The third-order valence-corrected chi connectivity index (χ3v) is 6.04. The summed E-state index contributed by atoms with van der Waals surface area (Å²) in [7, 11) is 0. The van der Waals surface area contributed by atoms with E-state index in [2.05, 4.69) is 22.8 Å². The topological polar surface area (TPSA) is 48.0 Å². The fourth-order valence-electron chi connectivity index (χ4n) is 3.79. The number of hydrogen-bond acceptors (Lipinski definition) is 2. The van der Waals surface area contributed by atoms with Gasteiger partial charge >= 0.3 is 0 Å². The number of halogens is 1. The molecule has 0 aliphatic rings. The normalized spacial score (nSPS) is 11.3. The predicted molar refractivity (Wildman–Crippen MR) is 116 cm³/mol. The summed E-state index contributed by atoms with van der Waals surface area (Å²) in [5.74, 6) is -0.729. The number of benzene rings is 3. The molecule has 0 unspecified atom stereocenters. The van der Waals surface area contributed by atoms with E-state index < -0.39 is 5.91 Å². The van der Waals surface area contributed by atoms with Crippen LogP contribution in [-0.2, 0) is 6.54 Å². The predicted octanol–water partition coefficient (Wildman–Crippen LogP) is 5.61. The maximum atomic E-state index is 13.4. The van der Waals surface area contributed by atoms with E-state index in [0.29, 0.717) is 12.1 Å². The Labute approximate surface area is 170 Å². The first-order valence-corrected chi connectivity index (χ1v) is 10.0. The zero-order valence-corrected chi connectivity index (χ0v) is 16.2. The van der Waals surface area contributed by atoms with Crippen LogP contribution >= 0.6 is 11.3 Å². The van der Waals surface area contributed by atoms with E-state index in [1.165, 1.54) is 12.1 Å². The molecule has 141 valence electrons. The summed E-state index contributed by atoms with van der Waals surface area (Å²) in [6.07, 6.45) is 0. The van der Waals surface area contributed by atoms with Crippen molar-refractivity contribution in [3.63, 3.8) is 0 Å². The van der Waals surface area contributed by atoms with Gasteiger partial charge in [-0.25, -0.2) is 4.39 Å². The van der Waals surface area contributed by atoms with Crippen LogP contribution in [-0.4, -0.2) is 10.5 Å². The van der Waals surface area contributed by atoms with Crippen molar-refractivity contribution >= 4 is 39.0 Å². The molecule has 5 heteroatoms. The number of carbonyl (C=O) groups is 1. The third kappa shape index (κ3) is 3.00. The first-order valence-electron chi connectivity index (χ1n) is 9.16. The highest BCUT2D eigenvalue weighted by molar-refractivity contribution is 7.13. The number of amides is 1. The minimum atomic E-state index is -0.466. The average molecular weight is 399 g/mol. The van der Waals surface area contributed by atoms with Gasteiger partial charge in [0.1, 0.15) is 5.82 Å². The number of thiophene rings is 1. The fourth-order valence-corrected chi connectivity index (χ4v) is 4.50. The Morgan fingerprint density at radius 3 is 2.62 bits per heavy atom. The Balaban J connectivity index is 1.81. The van der Waals surface area contributed by atoms with Crippen molar-refractivity contribution in [2.75, 3.05) is 0 Å². The lowest BCUT2D eigenvalue weighted by Gasteiger charge is -2.09. The lowest BCUT2D eigenvalue weighted by molar-refractivity contribution is 0.100. The maximum Gasteiger partial charge on any atom is 0.249 e. The zero-order valence-electron chi connectivity index (χ0n) is 15.4. The Morgan fingerprint density at radius 1 is 1.07 bits per heavy atom. The minimum Gasteiger partial charge on any atom is -0.366 e. The molecule has 5 rings (SSSR count). The van der Waals surface area contributed by atoms with Gasteiger partial charge in [0.15, 0.2) is 0 Å². The van der Waals surface area contributed by atoms with E-state index in [-0.39, 0.29) is 5.82 Å². The highest BCUT2D eigenvalue weighted by Crippen LogP contribution is 2.35. The van der Waals surface area contributed by atoms with Gasteiger partial charge in [0, 0.05) is 27.8 Å². The van der Waals surface area contributed by atoms with E-state index in [1.54, 1.807) is 29.5 Å². The van der Waals surface area contributed by atoms with Gasteiger partial charge < -0.3 is 10.3 Å². The highest BCUT2D eigenvalue weighted by Gasteiger charge is 2.17. The number of primary amides is 1. The van der Waals surface area contributed by atoms with Crippen molar-refractivity contribution in [3.8, 4) is 10.4 Å². The lowest BCUT2D eigenvalue weighted by Crippen LogP contribution is -2.11. The molecule has 2 aromatic heterocycles. The summed E-state index contributed by atoms with van der Waals surface area (Å²) in [4.78, 5) is 13.2. The quantitative estimate of drug-likeness (QED) is 0.420. The fraction of sp³-hybridized carbons (Fsp3) is 0.0417. The molecule has 1 radical (unpaired) electrons. The highest BCUT2D eigenvalue weighted by atomic mass is 32.1. The summed E-state index contributed by atoms with van der Waals surface area (Å²) in [5, 5.41) is 3.70. The molecule has 3 aromatic carbocycles. The van der Waals surface area contributed by atoms with Crippen molar-refractivity contribution in [1.82, 2.24) is 4.57 Å². The monoisotopic (exact) mass is 399 g/mol. The number of nitrogens with two attached hydrogens (primary N) is 1. The average Bonchev–Trinajstić information content (AvgIpc) is 3.36. The van der Waals surface area contributed by atoms with Crippen molar-refractivity contribution in [2.45, 2.75) is 6.54 Å². The Morgan fingerprint density at radius 2 is 1.90 bits per heavy atom. The van der Waals surface area contributed by atoms with Crippen LogP contribution in [0.3, 0.4) is 0 Å². The summed E-state index contributed by atoms with van der Waals surface area (Å²) >= 11 is 1.67. The lowest BCUT2D eigenvalue weighted by atomic mass is 10.0. The number of fused-ring (bicyclic) bond motifs is 3. The molecule has 3 nitrogen and oxygen atoms in total. The molecular formula is C24H16FN2OS. The molecule has 29 heavy (non-hydrogen) atoms. The minimum absolute atomic E-state index is 0.264. The van der Waals surface area contributed by atoms with E-state index in [0.717, 1.165) is 37.8 Å². The summed E-state index contributed by atoms with van der Waals surface area (Å²) in [6.45, 7) is 0.546. The Hall–Kier alpha value is -3.44. The number of hydrogen-bond donors (Lipinski definition) is 1. The van der Waals surface area contributed by atoms with Crippen LogP contribution in [0.15, 0.2) is 72.1 Å². The standard InChI is InChI=1S/C24H16FN2OS/c25-17-9-6-15(7-10-17)14-27-20-4-1-3-19(24(26)28)23(20)18-11-8-16(13-21(18)27)22-5-2-12-29-22/h1-10,12-13H,14H2,(H2,26,28). The van der Waals surface area contributed by atoms with Crippen molar-refractivity contribution in [3.05, 3.63) is 95.1 Å². The molecule has 0 atom stereocenters. The molecule has 0 spiro atoms. The van der Waals surface area contributed by atoms with Crippen LogP contribution in [0.5, 0.6) is 0 Å². The van der Waals surface area contributed by atoms with Gasteiger partial charge in [-0.1, -0.05) is 24.3 Å². The van der Waals surface area contributed by atoms with Crippen molar-refractivity contribution in [2.24, 2.45) is 5.73 Å². The van der Waals surface area contributed by atoms with Gasteiger partial charge in [-0.15, -0.1) is 11.3 Å². The molecule has 1 amide bonds. The zero-order chi connectivity index (χ0) is 20.0. The second-order valence-corrected chi connectivity index (χ2v) is 7.85. The molecule has 5 aromatic rings. The molecular weight excluding hydrogens is 383 g/mol. The van der Waals surface area contributed by atoms with Gasteiger partial charge in [0.25, 0.3) is 0 Å². The third-order valence-electron chi connectivity index (χ3n) is 5.12. The maximum absolute atomic E-state index is 13.4. The summed E-state index contributed by atoms with van der Waals surface area (Å²) in [5.41, 5.74) is 10.0. The summed E-state index contributed by atoms with van der Waals surface area (Å²) in [6, 6.07) is 23.6. The first kappa shape index (κ1) is 17.6. The van der Waals surface area contributed by atoms with Gasteiger partial charge in [0.2, 0.25) is 5.91 Å². The van der Waals surface area contributed by atoms with Crippen LogP contribution in [0.2, 0.25) is 0 Å². The molecule has 0 saturated heterocycles. The molecule has 0 aliphatic heterocycles. The number of aromatic nitrogens is 1. The van der Waals surface area contributed by atoms with Gasteiger partial charge in [-0.3, -0.25) is 4.79 Å². The largest absolute Gasteiger partial charge is 0.366 e. The van der Waals surface area contributed by atoms with E-state index in [4.69, 9.17) is 5.73 Å². The van der Waals surface area contributed by atoms with Crippen LogP contribution in [0.1, 0.15) is 15.9 Å². The second kappa shape index (κ2) is 6.87. The molecule has 0 fully saturated rings.